The van der Waals surface area contributed by atoms with Crippen LogP contribution in [0.15, 0.2) is 48.5 Å². The van der Waals surface area contributed by atoms with Crippen LogP contribution >= 0.6 is 0 Å². The van der Waals surface area contributed by atoms with Crippen LogP contribution in [0.2, 0.25) is 0 Å². The largest absolute Gasteiger partial charge is 0.484 e. The average Bonchev–Trinajstić information content (AvgIpc) is 2.74. The van der Waals surface area contributed by atoms with Gasteiger partial charge < -0.3 is 15.0 Å². The van der Waals surface area contributed by atoms with Crippen molar-refractivity contribution >= 4 is 11.8 Å². The molecule has 2 aromatic rings. The van der Waals surface area contributed by atoms with Crippen molar-refractivity contribution in [2.45, 2.75) is 59.5 Å². The summed E-state index contributed by atoms with van der Waals surface area (Å²) in [5.74, 6) is 0.375. The summed E-state index contributed by atoms with van der Waals surface area (Å²) in [6, 6.07) is 15.1. The third-order valence-corrected chi connectivity index (χ3v) is 5.13. The summed E-state index contributed by atoms with van der Waals surface area (Å²) in [6.45, 7) is 8.88. The first-order valence-electron chi connectivity index (χ1n) is 10.8. The molecule has 1 atom stereocenters. The standard InChI is InChI=1S/C25H34N2O3/c1-5-7-16-26-25(29)22(6-2)27(17-21-14-12-19(3)13-15-21)24(28)18-30-23-11-9-8-10-20(23)4/h8-15,22H,5-7,16-18H2,1-4H3,(H,26,29)/t22-/m0/s1. The molecule has 0 saturated carbocycles. The number of benzene rings is 2. The van der Waals surface area contributed by atoms with Crippen LogP contribution in [-0.2, 0) is 16.1 Å². The van der Waals surface area contributed by atoms with Gasteiger partial charge >= 0.3 is 0 Å². The SMILES string of the molecule is CCCCNC(=O)[C@H](CC)N(Cc1ccc(C)cc1)C(=O)COc1ccccc1C. The van der Waals surface area contributed by atoms with E-state index in [1.807, 2.05) is 69.3 Å². The first kappa shape index (κ1) is 23.5. The molecule has 2 aromatic carbocycles. The number of para-hydroxylation sites is 1. The number of carbonyl (C=O) groups is 2. The van der Waals surface area contributed by atoms with Gasteiger partial charge in [0.25, 0.3) is 5.91 Å². The van der Waals surface area contributed by atoms with E-state index < -0.39 is 6.04 Å². The van der Waals surface area contributed by atoms with Gasteiger partial charge in [0.1, 0.15) is 11.8 Å². The van der Waals surface area contributed by atoms with Crippen molar-refractivity contribution in [3.05, 3.63) is 65.2 Å². The Bertz CT molecular complexity index is 817. The van der Waals surface area contributed by atoms with E-state index >= 15 is 0 Å². The molecule has 5 heteroatoms. The third kappa shape index (κ3) is 6.90. The molecule has 0 heterocycles. The molecule has 2 amide bonds. The Kier molecular flexibility index (Phi) is 9.39. The third-order valence-electron chi connectivity index (χ3n) is 5.13. The van der Waals surface area contributed by atoms with Gasteiger partial charge in [-0.05, 0) is 43.9 Å². The number of unbranched alkanes of at least 4 members (excludes halogenated alkanes) is 1. The Morgan fingerprint density at radius 2 is 1.73 bits per heavy atom. The first-order valence-corrected chi connectivity index (χ1v) is 10.8. The van der Waals surface area contributed by atoms with E-state index in [1.165, 1.54) is 0 Å². The number of nitrogens with one attached hydrogen (secondary N) is 1. The van der Waals surface area contributed by atoms with E-state index in [9.17, 15) is 9.59 Å². The van der Waals surface area contributed by atoms with Crippen molar-refractivity contribution in [3.8, 4) is 5.75 Å². The number of ether oxygens (including phenoxy) is 1. The lowest BCUT2D eigenvalue weighted by molar-refractivity contribution is -0.143. The molecule has 2 rings (SSSR count). The van der Waals surface area contributed by atoms with Crippen LogP contribution in [0.4, 0.5) is 0 Å². The zero-order valence-corrected chi connectivity index (χ0v) is 18.6. The second kappa shape index (κ2) is 12.0. The van der Waals surface area contributed by atoms with Crippen LogP contribution in [0.5, 0.6) is 5.75 Å². The highest BCUT2D eigenvalue weighted by Crippen LogP contribution is 2.18. The van der Waals surface area contributed by atoms with Crippen molar-refractivity contribution in [2.24, 2.45) is 0 Å². The Balaban J connectivity index is 2.17. The second-order valence-electron chi connectivity index (χ2n) is 7.63. The lowest BCUT2D eigenvalue weighted by Crippen LogP contribution is -2.50. The zero-order valence-electron chi connectivity index (χ0n) is 18.6. The Morgan fingerprint density at radius 1 is 1.03 bits per heavy atom. The van der Waals surface area contributed by atoms with Crippen molar-refractivity contribution in [1.82, 2.24) is 10.2 Å². The lowest BCUT2D eigenvalue weighted by atomic mass is 10.1. The minimum atomic E-state index is -0.531. The smallest absolute Gasteiger partial charge is 0.261 e. The maximum atomic E-state index is 13.2. The molecule has 0 saturated heterocycles. The van der Waals surface area contributed by atoms with Crippen molar-refractivity contribution in [3.63, 3.8) is 0 Å². The molecule has 0 radical (unpaired) electrons. The molecule has 0 aliphatic heterocycles. The van der Waals surface area contributed by atoms with E-state index in [2.05, 4.69) is 12.2 Å². The molecule has 0 bridgehead atoms. The molecule has 0 fully saturated rings. The first-order chi connectivity index (χ1) is 14.5. The van der Waals surface area contributed by atoms with Crippen LogP contribution in [-0.4, -0.2) is 35.9 Å². The lowest BCUT2D eigenvalue weighted by Gasteiger charge is -2.30. The monoisotopic (exact) mass is 410 g/mol. The van der Waals surface area contributed by atoms with Crippen molar-refractivity contribution in [1.29, 1.82) is 0 Å². The molecule has 5 nitrogen and oxygen atoms in total. The zero-order chi connectivity index (χ0) is 21.9. The van der Waals surface area contributed by atoms with Gasteiger partial charge in [-0.25, -0.2) is 0 Å². The van der Waals surface area contributed by atoms with Gasteiger partial charge in [-0.2, -0.15) is 0 Å². The van der Waals surface area contributed by atoms with E-state index in [0.717, 1.165) is 29.5 Å². The predicted octanol–water partition coefficient (Wildman–Crippen LogP) is 4.41. The Morgan fingerprint density at radius 3 is 2.37 bits per heavy atom. The molecule has 0 aliphatic rings. The highest BCUT2D eigenvalue weighted by atomic mass is 16.5. The summed E-state index contributed by atoms with van der Waals surface area (Å²) in [7, 11) is 0. The highest BCUT2D eigenvalue weighted by Gasteiger charge is 2.28. The second-order valence-corrected chi connectivity index (χ2v) is 7.63. The van der Waals surface area contributed by atoms with Gasteiger partial charge in [0.15, 0.2) is 6.61 Å². The predicted molar refractivity (Wildman–Crippen MR) is 120 cm³/mol. The summed E-state index contributed by atoms with van der Waals surface area (Å²) < 4.78 is 5.79. The molecule has 0 unspecified atom stereocenters. The number of nitrogens with zero attached hydrogens (tertiary/aromatic N) is 1. The molecule has 0 aromatic heterocycles. The van der Waals surface area contributed by atoms with Crippen LogP contribution < -0.4 is 10.1 Å². The van der Waals surface area contributed by atoms with Gasteiger partial charge in [0, 0.05) is 13.1 Å². The quantitative estimate of drug-likeness (QED) is 0.559. The molecule has 0 aliphatic carbocycles. The summed E-state index contributed by atoms with van der Waals surface area (Å²) in [6.07, 6.45) is 2.47. The van der Waals surface area contributed by atoms with Crippen LogP contribution in [0.1, 0.15) is 49.8 Å². The highest BCUT2D eigenvalue weighted by molar-refractivity contribution is 5.88. The van der Waals surface area contributed by atoms with Crippen LogP contribution in [0.25, 0.3) is 0 Å². The van der Waals surface area contributed by atoms with Gasteiger partial charge in [-0.3, -0.25) is 9.59 Å². The normalized spacial score (nSPS) is 11.6. The van der Waals surface area contributed by atoms with E-state index in [4.69, 9.17) is 4.74 Å². The molecule has 162 valence electrons. The molecule has 1 N–H and O–H groups in total. The number of carbonyl (C=O) groups excluding carboxylic acids is 2. The topological polar surface area (TPSA) is 58.6 Å². The number of rotatable bonds is 11. The molecular formula is C25H34N2O3. The van der Waals surface area contributed by atoms with E-state index in [0.29, 0.717) is 25.3 Å². The summed E-state index contributed by atoms with van der Waals surface area (Å²) in [5.41, 5.74) is 3.12. The molecule has 30 heavy (non-hydrogen) atoms. The van der Waals surface area contributed by atoms with E-state index in [1.54, 1.807) is 4.90 Å². The average molecular weight is 411 g/mol. The van der Waals surface area contributed by atoms with Gasteiger partial charge in [-0.15, -0.1) is 0 Å². The van der Waals surface area contributed by atoms with E-state index in [-0.39, 0.29) is 18.4 Å². The van der Waals surface area contributed by atoms with Gasteiger partial charge in [-0.1, -0.05) is 68.3 Å². The summed E-state index contributed by atoms with van der Waals surface area (Å²) >= 11 is 0. The van der Waals surface area contributed by atoms with Crippen molar-refractivity contribution in [2.75, 3.05) is 13.2 Å². The van der Waals surface area contributed by atoms with Crippen molar-refractivity contribution < 1.29 is 14.3 Å². The van der Waals surface area contributed by atoms with Gasteiger partial charge in [0.05, 0.1) is 0 Å². The maximum Gasteiger partial charge on any atom is 0.261 e. The number of aryl methyl sites for hydroxylation is 2. The number of hydrogen-bond acceptors (Lipinski definition) is 3. The van der Waals surface area contributed by atoms with Crippen LogP contribution in [0.3, 0.4) is 0 Å². The number of hydrogen-bond donors (Lipinski definition) is 1. The fraction of sp³-hybridized carbons (Fsp3) is 0.440. The maximum absolute atomic E-state index is 13.2. The summed E-state index contributed by atoms with van der Waals surface area (Å²) in [4.78, 5) is 27.6. The Labute approximate surface area is 180 Å². The fourth-order valence-corrected chi connectivity index (χ4v) is 3.26. The number of amides is 2. The molecule has 0 spiro atoms. The fourth-order valence-electron chi connectivity index (χ4n) is 3.26. The minimum absolute atomic E-state index is 0.102. The molecular weight excluding hydrogens is 376 g/mol. The van der Waals surface area contributed by atoms with Crippen LogP contribution in [0, 0.1) is 13.8 Å². The summed E-state index contributed by atoms with van der Waals surface area (Å²) in [5, 5.41) is 2.97. The minimum Gasteiger partial charge on any atom is -0.484 e. The Hall–Kier alpha value is -2.82. The van der Waals surface area contributed by atoms with Gasteiger partial charge in [0.2, 0.25) is 5.91 Å².